The summed E-state index contributed by atoms with van der Waals surface area (Å²) in [5.74, 6) is 1.84. The van der Waals surface area contributed by atoms with Crippen LogP contribution in [0.4, 0.5) is 0 Å². The molecule has 0 atom stereocenters. The number of imidazole rings is 1. The van der Waals surface area contributed by atoms with Gasteiger partial charge in [-0.25, -0.2) is 4.98 Å². The molecule has 1 aromatic heterocycles. The normalized spacial score (nSPS) is 16.8. The van der Waals surface area contributed by atoms with E-state index >= 15 is 0 Å². The topological polar surface area (TPSA) is 28.7 Å². The summed E-state index contributed by atoms with van der Waals surface area (Å²) in [6.45, 7) is 0. The Balaban J connectivity index is 1.87. The minimum Gasteiger partial charge on any atom is -0.342 e. The minimum atomic E-state index is 0.664. The number of benzene rings is 1. The van der Waals surface area contributed by atoms with E-state index in [0.717, 1.165) is 5.69 Å². The van der Waals surface area contributed by atoms with Crippen molar-refractivity contribution in [1.82, 2.24) is 9.97 Å². The van der Waals surface area contributed by atoms with Crippen molar-refractivity contribution in [2.75, 3.05) is 0 Å². The summed E-state index contributed by atoms with van der Waals surface area (Å²) < 4.78 is 0. The smallest absolute Gasteiger partial charge is 0.109 e. The van der Waals surface area contributed by atoms with Gasteiger partial charge in [0.05, 0.1) is 11.9 Å². The maximum Gasteiger partial charge on any atom is 0.109 e. The van der Waals surface area contributed by atoms with Crippen LogP contribution in [-0.4, -0.2) is 9.97 Å². The van der Waals surface area contributed by atoms with Gasteiger partial charge in [-0.3, -0.25) is 0 Å². The van der Waals surface area contributed by atoms with E-state index < -0.39 is 0 Å². The van der Waals surface area contributed by atoms with E-state index in [1.807, 2.05) is 12.3 Å². The van der Waals surface area contributed by atoms with Gasteiger partial charge in [0.2, 0.25) is 0 Å². The SMILES string of the molecule is c1ccc(-c2cnc(C3CCCC3)[nH]2)cc1. The van der Waals surface area contributed by atoms with Crippen molar-refractivity contribution >= 4 is 0 Å². The van der Waals surface area contributed by atoms with E-state index in [4.69, 9.17) is 0 Å². The maximum absolute atomic E-state index is 4.52. The van der Waals surface area contributed by atoms with Crippen LogP contribution in [0.3, 0.4) is 0 Å². The second kappa shape index (κ2) is 4.12. The summed E-state index contributed by atoms with van der Waals surface area (Å²) in [6.07, 6.45) is 7.25. The molecule has 1 N–H and O–H groups in total. The van der Waals surface area contributed by atoms with Crippen LogP contribution in [0.25, 0.3) is 11.3 Å². The van der Waals surface area contributed by atoms with Gasteiger partial charge in [-0.05, 0) is 18.4 Å². The fraction of sp³-hybridized carbons (Fsp3) is 0.357. The summed E-state index contributed by atoms with van der Waals surface area (Å²) in [6, 6.07) is 10.4. The van der Waals surface area contributed by atoms with E-state index in [-0.39, 0.29) is 0 Å². The van der Waals surface area contributed by atoms with Crippen LogP contribution < -0.4 is 0 Å². The zero-order valence-corrected chi connectivity index (χ0v) is 9.32. The number of H-pyrrole nitrogens is 1. The summed E-state index contributed by atoms with van der Waals surface area (Å²) in [7, 11) is 0. The average Bonchev–Trinajstić information content (AvgIpc) is 3.01. The molecule has 1 aromatic carbocycles. The highest BCUT2D eigenvalue weighted by molar-refractivity contribution is 5.58. The third kappa shape index (κ3) is 1.75. The zero-order valence-electron chi connectivity index (χ0n) is 9.32. The molecule has 0 aliphatic heterocycles. The fourth-order valence-corrected chi connectivity index (χ4v) is 2.51. The Bertz CT molecular complexity index is 453. The third-order valence-corrected chi connectivity index (χ3v) is 3.42. The highest BCUT2D eigenvalue weighted by Gasteiger charge is 2.19. The molecule has 2 aromatic rings. The Morgan fingerprint density at radius 1 is 1.06 bits per heavy atom. The highest BCUT2D eigenvalue weighted by Crippen LogP contribution is 2.33. The number of aromatic amines is 1. The molecule has 1 fully saturated rings. The van der Waals surface area contributed by atoms with Crippen LogP contribution in [-0.2, 0) is 0 Å². The van der Waals surface area contributed by atoms with Crippen molar-refractivity contribution in [3.8, 4) is 11.3 Å². The molecule has 3 rings (SSSR count). The Morgan fingerprint density at radius 2 is 1.81 bits per heavy atom. The first-order valence-electron chi connectivity index (χ1n) is 6.04. The van der Waals surface area contributed by atoms with Gasteiger partial charge in [-0.1, -0.05) is 43.2 Å². The lowest BCUT2D eigenvalue weighted by Crippen LogP contribution is -1.94. The molecule has 1 saturated carbocycles. The third-order valence-electron chi connectivity index (χ3n) is 3.42. The van der Waals surface area contributed by atoms with Gasteiger partial charge in [0, 0.05) is 5.92 Å². The van der Waals surface area contributed by atoms with Gasteiger partial charge < -0.3 is 4.98 Å². The van der Waals surface area contributed by atoms with Crippen molar-refractivity contribution in [3.63, 3.8) is 0 Å². The molecular weight excluding hydrogens is 196 g/mol. The summed E-state index contributed by atoms with van der Waals surface area (Å²) in [4.78, 5) is 7.98. The van der Waals surface area contributed by atoms with Crippen molar-refractivity contribution in [1.29, 1.82) is 0 Å². The molecule has 0 unspecified atom stereocenters. The molecule has 0 radical (unpaired) electrons. The number of hydrogen-bond acceptors (Lipinski definition) is 1. The van der Waals surface area contributed by atoms with Gasteiger partial charge in [0.1, 0.15) is 5.82 Å². The first-order chi connectivity index (χ1) is 7.93. The molecule has 2 heteroatoms. The Labute approximate surface area is 95.7 Å². The van der Waals surface area contributed by atoms with Gasteiger partial charge in [-0.15, -0.1) is 0 Å². The molecule has 2 nitrogen and oxygen atoms in total. The summed E-state index contributed by atoms with van der Waals surface area (Å²) >= 11 is 0. The molecule has 0 amide bonds. The molecule has 1 aliphatic carbocycles. The summed E-state index contributed by atoms with van der Waals surface area (Å²) in [5.41, 5.74) is 2.36. The quantitative estimate of drug-likeness (QED) is 0.807. The maximum atomic E-state index is 4.52. The Morgan fingerprint density at radius 3 is 2.56 bits per heavy atom. The molecule has 0 bridgehead atoms. The van der Waals surface area contributed by atoms with E-state index in [2.05, 4.69) is 34.2 Å². The molecule has 1 heterocycles. The van der Waals surface area contributed by atoms with Crippen LogP contribution in [0.1, 0.15) is 37.4 Å². The summed E-state index contributed by atoms with van der Waals surface area (Å²) in [5, 5.41) is 0. The molecule has 0 spiro atoms. The second-order valence-corrected chi connectivity index (χ2v) is 4.53. The number of rotatable bonds is 2. The van der Waals surface area contributed by atoms with Crippen LogP contribution in [0.2, 0.25) is 0 Å². The van der Waals surface area contributed by atoms with E-state index in [9.17, 15) is 0 Å². The number of hydrogen-bond donors (Lipinski definition) is 1. The van der Waals surface area contributed by atoms with Gasteiger partial charge in [0.15, 0.2) is 0 Å². The lowest BCUT2D eigenvalue weighted by Gasteiger charge is -2.03. The number of nitrogens with one attached hydrogen (secondary N) is 1. The van der Waals surface area contributed by atoms with Crippen LogP contribution >= 0.6 is 0 Å². The molecule has 82 valence electrons. The molecule has 1 aliphatic rings. The predicted molar refractivity (Wildman–Crippen MR) is 65.2 cm³/mol. The van der Waals surface area contributed by atoms with Crippen molar-refractivity contribution < 1.29 is 0 Å². The van der Waals surface area contributed by atoms with Crippen molar-refractivity contribution in [3.05, 3.63) is 42.4 Å². The van der Waals surface area contributed by atoms with Gasteiger partial charge in [-0.2, -0.15) is 0 Å². The first kappa shape index (κ1) is 9.64. The molecule has 16 heavy (non-hydrogen) atoms. The van der Waals surface area contributed by atoms with Crippen LogP contribution in [0.5, 0.6) is 0 Å². The molecular formula is C14H16N2. The number of nitrogens with zero attached hydrogens (tertiary/aromatic N) is 1. The lowest BCUT2D eigenvalue weighted by molar-refractivity contribution is 0.679. The monoisotopic (exact) mass is 212 g/mol. The second-order valence-electron chi connectivity index (χ2n) is 4.53. The largest absolute Gasteiger partial charge is 0.342 e. The minimum absolute atomic E-state index is 0.664. The van der Waals surface area contributed by atoms with Crippen molar-refractivity contribution in [2.24, 2.45) is 0 Å². The lowest BCUT2D eigenvalue weighted by atomic mass is 10.1. The van der Waals surface area contributed by atoms with E-state index in [1.54, 1.807) is 0 Å². The zero-order chi connectivity index (χ0) is 10.8. The van der Waals surface area contributed by atoms with Crippen molar-refractivity contribution in [2.45, 2.75) is 31.6 Å². The van der Waals surface area contributed by atoms with Crippen LogP contribution in [0.15, 0.2) is 36.5 Å². The fourth-order valence-electron chi connectivity index (χ4n) is 2.51. The Hall–Kier alpha value is -1.57. The van der Waals surface area contributed by atoms with Gasteiger partial charge in [0.25, 0.3) is 0 Å². The standard InChI is InChI=1S/C14H16N2/c1-2-6-11(7-3-1)13-10-15-14(16-13)12-8-4-5-9-12/h1-3,6-7,10,12H,4-5,8-9H2,(H,15,16). The first-order valence-corrected chi connectivity index (χ1v) is 6.04. The van der Waals surface area contributed by atoms with E-state index in [1.165, 1.54) is 37.1 Å². The predicted octanol–water partition coefficient (Wildman–Crippen LogP) is 3.73. The van der Waals surface area contributed by atoms with Crippen LogP contribution in [0, 0.1) is 0 Å². The van der Waals surface area contributed by atoms with Gasteiger partial charge >= 0.3 is 0 Å². The average molecular weight is 212 g/mol. The molecule has 0 saturated heterocycles. The van der Waals surface area contributed by atoms with E-state index in [0.29, 0.717) is 5.92 Å². The Kier molecular flexibility index (Phi) is 2.49. The number of aromatic nitrogens is 2. The highest BCUT2D eigenvalue weighted by atomic mass is 14.9.